The Balaban J connectivity index is 1.55. The minimum absolute atomic E-state index is 0.0121. The predicted molar refractivity (Wildman–Crippen MR) is 122 cm³/mol. The second kappa shape index (κ2) is 9.66. The maximum atomic E-state index is 13.7. The fourth-order valence-corrected chi connectivity index (χ4v) is 3.95. The van der Waals surface area contributed by atoms with Crippen molar-refractivity contribution in [2.24, 2.45) is 5.73 Å². The van der Waals surface area contributed by atoms with Crippen LogP contribution in [-0.4, -0.2) is 53.1 Å². The quantitative estimate of drug-likeness (QED) is 0.309. The van der Waals surface area contributed by atoms with E-state index in [9.17, 15) is 27.2 Å². The number of aromatic nitrogens is 7. The Hall–Kier alpha value is -4.51. The number of rotatable bonds is 7. The van der Waals surface area contributed by atoms with E-state index in [0.717, 1.165) is 15.5 Å². The van der Waals surface area contributed by atoms with Gasteiger partial charge in [0, 0.05) is 12.3 Å². The lowest BCUT2D eigenvalue weighted by atomic mass is 10.1. The zero-order valence-electron chi connectivity index (χ0n) is 18.8. The van der Waals surface area contributed by atoms with Gasteiger partial charge in [-0.15, -0.1) is 19.0 Å². The molecule has 19 heteroatoms. The van der Waals surface area contributed by atoms with Gasteiger partial charge in [0.25, 0.3) is 11.8 Å². The number of amides is 2. The van der Waals surface area contributed by atoms with Crippen LogP contribution in [0.15, 0.2) is 30.5 Å². The minimum Gasteiger partial charge on any atom is -0.395 e. The summed E-state index contributed by atoms with van der Waals surface area (Å²) < 4.78 is 62.7. The SMILES string of the molecule is NC(=O)c1c(NC(=O)c2cc(Cn3nnc(C(F)F)n3)nn2-c2ncccc2Cl)c(Cl)cc2c1OC(F)(F)O2. The van der Waals surface area contributed by atoms with Crippen molar-refractivity contribution >= 4 is 40.7 Å². The Morgan fingerprint density at radius 3 is 2.59 bits per heavy atom. The van der Waals surface area contributed by atoms with Crippen LogP contribution in [-0.2, 0) is 6.54 Å². The highest BCUT2D eigenvalue weighted by Gasteiger charge is 2.46. The first-order valence-corrected chi connectivity index (χ1v) is 11.2. The van der Waals surface area contributed by atoms with E-state index in [1.807, 2.05) is 0 Å². The third-order valence-corrected chi connectivity index (χ3v) is 5.62. The van der Waals surface area contributed by atoms with Crippen LogP contribution >= 0.6 is 23.2 Å². The van der Waals surface area contributed by atoms with Crippen molar-refractivity contribution in [1.82, 2.24) is 35.0 Å². The van der Waals surface area contributed by atoms with Gasteiger partial charge in [-0.25, -0.2) is 18.4 Å². The highest BCUT2D eigenvalue weighted by molar-refractivity contribution is 6.35. The molecule has 0 saturated carbocycles. The summed E-state index contributed by atoms with van der Waals surface area (Å²) in [7, 11) is 0. The number of primary amides is 1. The zero-order chi connectivity index (χ0) is 28.1. The molecular weight excluding hydrogens is 577 g/mol. The normalized spacial score (nSPS) is 13.6. The third-order valence-electron chi connectivity index (χ3n) is 5.03. The fourth-order valence-electron chi connectivity index (χ4n) is 3.51. The molecule has 4 aromatic rings. The van der Waals surface area contributed by atoms with E-state index in [2.05, 4.69) is 40.3 Å². The molecule has 0 unspecified atom stereocenters. The van der Waals surface area contributed by atoms with Gasteiger partial charge in [-0.3, -0.25) is 9.59 Å². The summed E-state index contributed by atoms with van der Waals surface area (Å²) in [6, 6.07) is 5.09. The van der Waals surface area contributed by atoms with Crippen molar-refractivity contribution in [1.29, 1.82) is 0 Å². The maximum Gasteiger partial charge on any atom is 0.586 e. The lowest BCUT2D eigenvalue weighted by Crippen LogP contribution is -2.26. The summed E-state index contributed by atoms with van der Waals surface area (Å²) in [6.07, 6.45) is -5.71. The van der Waals surface area contributed by atoms with Gasteiger partial charge in [-0.1, -0.05) is 23.2 Å². The molecule has 1 aliphatic heterocycles. The molecular formula is C20H11Cl2F4N9O4. The van der Waals surface area contributed by atoms with E-state index in [-0.39, 0.29) is 33.8 Å². The summed E-state index contributed by atoms with van der Waals surface area (Å²) in [5.74, 6) is -4.39. The van der Waals surface area contributed by atoms with Crippen molar-refractivity contribution in [3.63, 3.8) is 0 Å². The number of halogens is 6. The van der Waals surface area contributed by atoms with Crippen LogP contribution in [0.3, 0.4) is 0 Å². The molecule has 13 nitrogen and oxygen atoms in total. The molecule has 3 N–H and O–H groups in total. The number of ether oxygens (including phenoxy) is 2. The number of pyridine rings is 1. The summed E-state index contributed by atoms with van der Waals surface area (Å²) in [5, 5.41) is 16.5. The molecule has 3 aromatic heterocycles. The molecule has 4 heterocycles. The molecule has 0 fully saturated rings. The maximum absolute atomic E-state index is 13.7. The third kappa shape index (κ3) is 5.00. The van der Waals surface area contributed by atoms with Crippen LogP contribution in [0.5, 0.6) is 11.5 Å². The summed E-state index contributed by atoms with van der Waals surface area (Å²) >= 11 is 12.4. The number of fused-ring (bicyclic) bond motifs is 1. The van der Waals surface area contributed by atoms with E-state index in [0.29, 0.717) is 0 Å². The van der Waals surface area contributed by atoms with Gasteiger partial charge in [0.15, 0.2) is 17.3 Å². The molecule has 202 valence electrons. The lowest BCUT2D eigenvalue weighted by molar-refractivity contribution is -0.286. The van der Waals surface area contributed by atoms with Crippen LogP contribution in [0.2, 0.25) is 10.0 Å². The minimum atomic E-state index is -4.11. The summed E-state index contributed by atoms with van der Waals surface area (Å²) in [5.41, 5.74) is 4.04. The Kier molecular flexibility index (Phi) is 6.47. The first-order chi connectivity index (χ1) is 18.4. The largest absolute Gasteiger partial charge is 0.586 e. The van der Waals surface area contributed by atoms with E-state index in [1.165, 1.54) is 24.4 Å². The highest BCUT2D eigenvalue weighted by Crippen LogP contribution is 2.48. The van der Waals surface area contributed by atoms with Crippen LogP contribution in [0.4, 0.5) is 23.2 Å². The van der Waals surface area contributed by atoms with Gasteiger partial charge < -0.3 is 20.5 Å². The standard InChI is InChI=1S/C20H11Cl2F4N9O4/c21-8-2-1-3-28-18(8)35-10(4-7(31-35)6-34-32-17(15(23)24)30-33-34)19(37)29-13-9(22)5-11-14(12(13)16(27)36)39-20(25,26)38-11/h1-5,15H,6H2,(H2,27,36)(H,29,37). The average Bonchev–Trinajstić information content (AvgIpc) is 3.56. The Labute approximate surface area is 223 Å². The fraction of sp³-hybridized carbons (Fsp3) is 0.150. The second-order valence-corrected chi connectivity index (χ2v) is 8.46. The molecule has 0 spiro atoms. The molecule has 1 aliphatic rings. The topological polar surface area (TPSA) is 165 Å². The van der Waals surface area contributed by atoms with Crippen LogP contribution in [0.1, 0.15) is 38.8 Å². The Morgan fingerprint density at radius 2 is 1.92 bits per heavy atom. The van der Waals surface area contributed by atoms with Crippen molar-refractivity contribution in [2.75, 3.05) is 5.32 Å². The number of carbonyl (C=O) groups excluding carboxylic acids is 2. The van der Waals surface area contributed by atoms with E-state index < -0.39 is 53.1 Å². The van der Waals surface area contributed by atoms with Gasteiger partial charge in [-0.2, -0.15) is 9.90 Å². The van der Waals surface area contributed by atoms with Crippen molar-refractivity contribution < 1.29 is 36.6 Å². The first-order valence-electron chi connectivity index (χ1n) is 10.4. The van der Waals surface area contributed by atoms with Gasteiger partial charge in [-0.05, 0) is 23.4 Å². The monoisotopic (exact) mass is 587 g/mol. The Bertz CT molecular complexity index is 1630. The zero-order valence-corrected chi connectivity index (χ0v) is 20.3. The predicted octanol–water partition coefficient (Wildman–Crippen LogP) is 3.22. The van der Waals surface area contributed by atoms with Crippen molar-refractivity contribution in [3.8, 4) is 17.3 Å². The first kappa shape index (κ1) is 26.1. The molecule has 0 saturated heterocycles. The van der Waals surface area contributed by atoms with E-state index in [1.54, 1.807) is 0 Å². The number of benzene rings is 1. The molecule has 0 radical (unpaired) electrons. The molecule has 0 atom stereocenters. The molecule has 1 aromatic carbocycles. The van der Waals surface area contributed by atoms with Gasteiger partial charge >= 0.3 is 12.7 Å². The number of nitrogens with one attached hydrogen (secondary N) is 1. The molecule has 5 rings (SSSR count). The number of hydrogen-bond acceptors (Lipinski definition) is 9. The van der Waals surface area contributed by atoms with Crippen molar-refractivity contribution in [3.05, 3.63) is 63.3 Å². The Morgan fingerprint density at radius 1 is 1.15 bits per heavy atom. The molecule has 0 bridgehead atoms. The highest BCUT2D eigenvalue weighted by atomic mass is 35.5. The van der Waals surface area contributed by atoms with Gasteiger partial charge in [0.2, 0.25) is 5.82 Å². The number of nitrogens with two attached hydrogens (primary N) is 1. The van der Waals surface area contributed by atoms with Crippen LogP contribution in [0, 0.1) is 0 Å². The van der Waals surface area contributed by atoms with Crippen LogP contribution in [0.25, 0.3) is 5.82 Å². The number of anilines is 1. The number of alkyl halides is 4. The molecule has 39 heavy (non-hydrogen) atoms. The van der Waals surface area contributed by atoms with Gasteiger partial charge in [0.05, 0.1) is 21.4 Å². The summed E-state index contributed by atoms with van der Waals surface area (Å²) in [6.45, 7) is -0.302. The summed E-state index contributed by atoms with van der Waals surface area (Å²) in [4.78, 5) is 30.5. The number of tetrazole rings is 1. The van der Waals surface area contributed by atoms with Crippen LogP contribution < -0.4 is 20.5 Å². The smallest absolute Gasteiger partial charge is 0.395 e. The van der Waals surface area contributed by atoms with Gasteiger partial charge in [0.1, 0.15) is 17.8 Å². The van der Waals surface area contributed by atoms with E-state index >= 15 is 0 Å². The number of hydrogen-bond donors (Lipinski definition) is 2. The second-order valence-electron chi connectivity index (χ2n) is 7.64. The molecule has 2 amide bonds. The molecule has 0 aliphatic carbocycles. The number of carbonyl (C=O) groups is 2. The van der Waals surface area contributed by atoms with E-state index in [4.69, 9.17) is 28.9 Å². The lowest BCUT2D eigenvalue weighted by Gasteiger charge is -2.14. The average molecular weight is 588 g/mol. The number of nitrogens with zero attached hydrogens (tertiary/aromatic N) is 7. The van der Waals surface area contributed by atoms with Crippen molar-refractivity contribution in [2.45, 2.75) is 19.3 Å².